The van der Waals surface area contributed by atoms with Crippen molar-refractivity contribution >= 4 is 5.97 Å². The summed E-state index contributed by atoms with van der Waals surface area (Å²) in [5, 5.41) is 0. The van der Waals surface area contributed by atoms with Crippen molar-refractivity contribution in [1.82, 2.24) is 0 Å². The highest BCUT2D eigenvalue weighted by Gasteiger charge is 2.18. The van der Waals surface area contributed by atoms with Gasteiger partial charge in [0, 0.05) is 19.6 Å². The molecule has 3 nitrogen and oxygen atoms in total. The van der Waals surface area contributed by atoms with Crippen LogP contribution in [0, 0.1) is 17.5 Å². The molecular formula is C12H13F3O3. The van der Waals surface area contributed by atoms with Gasteiger partial charge in [-0.1, -0.05) is 0 Å². The Morgan fingerprint density at radius 1 is 1.17 bits per heavy atom. The molecule has 1 aromatic carbocycles. The van der Waals surface area contributed by atoms with E-state index in [-0.39, 0.29) is 18.4 Å². The smallest absolute Gasteiger partial charge is 0.308 e. The fraction of sp³-hybridized carbons (Fsp3) is 0.417. The molecule has 0 saturated heterocycles. The minimum Gasteiger partial charge on any atom is -0.469 e. The molecule has 100 valence electrons. The lowest BCUT2D eigenvalue weighted by Gasteiger charge is -2.14. The number of rotatable bonds is 5. The van der Waals surface area contributed by atoms with Crippen molar-refractivity contribution < 1.29 is 27.4 Å². The summed E-state index contributed by atoms with van der Waals surface area (Å²) in [5.41, 5.74) is -0.0512. The molecule has 1 rings (SSSR count). The fourth-order valence-corrected chi connectivity index (χ4v) is 1.47. The van der Waals surface area contributed by atoms with Crippen LogP contribution in [-0.2, 0) is 20.7 Å². The minimum atomic E-state index is -1.25. The van der Waals surface area contributed by atoms with Crippen molar-refractivity contribution in [2.24, 2.45) is 0 Å². The number of benzene rings is 1. The molecule has 0 heterocycles. The lowest BCUT2D eigenvalue weighted by Crippen LogP contribution is -2.20. The summed E-state index contributed by atoms with van der Waals surface area (Å²) in [7, 11) is 2.55. The molecule has 18 heavy (non-hydrogen) atoms. The van der Waals surface area contributed by atoms with Crippen LogP contribution >= 0.6 is 0 Å². The first-order valence-electron chi connectivity index (χ1n) is 5.21. The lowest BCUT2D eigenvalue weighted by molar-refractivity contribution is -0.143. The quantitative estimate of drug-likeness (QED) is 0.603. The maximum absolute atomic E-state index is 13.4. The van der Waals surface area contributed by atoms with Crippen molar-refractivity contribution in [3.05, 3.63) is 35.1 Å². The van der Waals surface area contributed by atoms with E-state index in [0.717, 1.165) is 6.07 Å². The number of hydrogen-bond donors (Lipinski definition) is 0. The van der Waals surface area contributed by atoms with Gasteiger partial charge in [-0.2, -0.15) is 0 Å². The number of esters is 1. The average Bonchev–Trinajstić information content (AvgIpc) is 2.34. The molecule has 0 aromatic heterocycles. The number of ether oxygens (including phenoxy) is 2. The molecule has 0 spiro atoms. The van der Waals surface area contributed by atoms with E-state index in [9.17, 15) is 18.0 Å². The maximum Gasteiger partial charge on any atom is 0.308 e. The monoisotopic (exact) mass is 262 g/mol. The summed E-state index contributed by atoms with van der Waals surface area (Å²) in [5.74, 6) is -3.79. The zero-order valence-corrected chi connectivity index (χ0v) is 10.0. The average molecular weight is 262 g/mol. The molecular weight excluding hydrogens is 249 g/mol. The van der Waals surface area contributed by atoms with Gasteiger partial charge in [-0.15, -0.1) is 0 Å². The summed E-state index contributed by atoms with van der Waals surface area (Å²) >= 11 is 0. The van der Waals surface area contributed by atoms with Crippen molar-refractivity contribution in [2.45, 2.75) is 18.9 Å². The van der Waals surface area contributed by atoms with Gasteiger partial charge in [0.1, 0.15) is 5.82 Å². The van der Waals surface area contributed by atoms with E-state index in [1.165, 1.54) is 14.2 Å². The Kier molecular flexibility index (Phi) is 5.15. The van der Waals surface area contributed by atoms with Crippen LogP contribution in [0.5, 0.6) is 0 Å². The molecule has 0 saturated carbocycles. The number of carbonyl (C=O) groups is 1. The topological polar surface area (TPSA) is 35.5 Å². The molecule has 0 aliphatic rings. The third-order valence-corrected chi connectivity index (χ3v) is 2.49. The molecule has 0 bridgehead atoms. The normalized spacial score (nSPS) is 12.3. The Hall–Kier alpha value is -1.56. The number of halogens is 3. The van der Waals surface area contributed by atoms with E-state index < -0.39 is 29.5 Å². The largest absolute Gasteiger partial charge is 0.469 e. The van der Waals surface area contributed by atoms with E-state index in [4.69, 9.17) is 4.74 Å². The first-order valence-corrected chi connectivity index (χ1v) is 5.21. The van der Waals surface area contributed by atoms with Gasteiger partial charge in [0.15, 0.2) is 11.6 Å². The third-order valence-electron chi connectivity index (χ3n) is 2.49. The minimum absolute atomic E-state index is 0.0470. The van der Waals surface area contributed by atoms with Crippen molar-refractivity contribution in [2.75, 3.05) is 14.2 Å². The van der Waals surface area contributed by atoms with Crippen LogP contribution < -0.4 is 0 Å². The molecule has 0 fully saturated rings. The summed E-state index contributed by atoms with van der Waals surface area (Å²) in [6, 6.07) is 1.23. The molecule has 0 N–H and O–H groups in total. The Labute approximate surface area is 103 Å². The Bertz CT molecular complexity index is 435. The van der Waals surface area contributed by atoms with Gasteiger partial charge in [-0.05, 0) is 11.6 Å². The maximum atomic E-state index is 13.4. The molecule has 0 aliphatic carbocycles. The number of methoxy groups -OCH3 is 2. The molecule has 6 heteroatoms. The van der Waals surface area contributed by atoms with Gasteiger partial charge < -0.3 is 9.47 Å². The lowest BCUT2D eigenvalue weighted by atomic mass is 10.0. The zero-order valence-electron chi connectivity index (χ0n) is 10.0. The van der Waals surface area contributed by atoms with Gasteiger partial charge in [0.25, 0.3) is 0 Å². The Morgan fingerprint density at radius 3 is 2.33 bits per heavy atom. The first-order chi connectivity index (χ1) is 8.47. The number of carbonyl (C=O) groups excluding carboxylic acids is 1. The van der Waals surface area contributed by atoms with E-state index in [1.54, 1.807) is 0 Å². The van der Waals surface area contributed by atoms with E-state index >= 15 is 0 Å². The molecule has 0 aliphatic heterocycles. The second-order valence-electron chi connectivity index (χ2n) is 3.70. The van der Waals surface area contributed by atoms with Crippen LogP contribution in [0.4, 0.5) is 13.2 Å². The Balaban J connectivity index is 2.81. The SMILES string of the molecule is COC(=O)CC(Cc1cc(F)c(F)cc1F)OC. The second-order valence-corrected chi connectivity index (χ2v) is 3.70. The van der Waals surface area contributed by atoms with Gasteiger partial charge in [0.05, 0.1) is 19.6 Å². The van der Waals surface area contributed by atoms with Crippen molar-refractivity contribution in [1.29, 1.82) is 0 Å². The van der Waals surface area contributed by atoms with Crippen LogP contribution in [0.25, 0.3) is 0 Å². The van der Waals surface area contributed by atoms with Crippen LogP contribution in [0.15, 0.2) is 12.1 Å². The highest BCUT2D eigenvalue weighted by Crippen LogP contribution is 2.17. The summed E-state index contributed by atoms with van der Waals surface area (Å²) in [6.07, 6.45) is -0.795. The van der Waals surface area contributed by atoms with Gasteiger partial charge in [-0.3, -0.25) is 4.79 Å². The van der Waals surface area contributed by atoms with Gasteiger partial charge in [-0.25, -0.2) is 13.2 Å². The third kappa shape index (κ3) is 3.73. The standard InChI is InChI=1S/C12H13F3O3/c1-17-8(5-12(16)18-2)3-7-4-10(14)11(15)6-9(7)13/h4,6,8H,3,5H2,1-2H3. The van der Waals surface area contributed by atoms with Gasteiger partial charge >= 0.3 is 5.97 Å². The highest BCUT2D eigenvalue weighted by molar-refractivity contribution is 5.69. The van der Waals surface area contributed by atoms with Crippen LogP contribution in [0.1, 0.15) is 12.0 Å². The summed E-state index contributed by atoms with van der Waals surface area (Å²) in [4.78, 5) is 11.0. The predicted octanol–water partition coefficient (Wildman–Crippen LogP) is 2.22. The fourth-order valence-electron chi connectivity index (χ4n) is 1.47. The number of hydrogen-bond acceptors (Lipinski definition) is 3. The molecule has 0 amide bonds. The van der Waals surface area contributed by atoms with Crippen molar-refractivity contribution in [3.63, 3.8) is 0 Å². The molecule has 0 radical (unpaired) electrons. The first kappa shape index (κ1) is 14.5. The summed E-state index contributed by atoms with van der Waals surface area (Å²) in [6.45, 7) is 0. The molecule has 1 unspecified atom stereocenters. The second kappa shape index (κ2) is 6.39. The van der Waals surface area contributed by atoms with Crippen molar-refractivity contribution in [3.8, 4) is 0 Å². The zero-order chi connectivity index (χ0) is 13.7. The highest BCUT2D eigenvalue weighted by atomic mass is 19.2. The van der Waals surface area contributed by atoms with E-state index in [2.05, 4.69) is 4.74 Å². The van der Waals surface area contributed by atoms with Crippen LogP contribution in [0.3, 0.4) is 0 Å². The van der Waals surface area contributed by atoms with Crippen LogP contribution in [0.2, 0.25) is 0 Å². The Morgan fingerprint density at radius 2 is 1.78 bits per heavy atom. The molecule has 1 aromatic rings. The van der Waals surface area contributed by atoms with E-state index in [0.29, 0.717) is 6.07 Å². The predicted molar refractivity (Wildman–Crippen MR) is 57.5 cm³/mol. The summed E-state index contributed by atoms with van der Waals surface area (Å²) < 4.78 is 48.5. The molecule has 1 atom stereocenters. The van der Waals surface area contributed by atoms with E-state index in [1.807, 2.05) is 0 Å². The van der Waals surface area contributed by atoms with Gasteiger partial charge in [0.2, 0.25) is 0 Å². The van der Waals surface area contributed by atoms with Crippen LogP contribution in [-0.4, -0.2) is 26.3 Å².